The quantitative estimate of drug-likeness (QED) is 0.278. The van der Waals surface area contributed by atoms with E-state index in [0.29, 0.717) is 11.0 Å². The molecule has 0 aliphatic heterocycles. The highest BCUT2D eigenvalue weighted by atomic mass is 32.3. The summed E-state index contributed by atoms with van der Waals surface area (Å²) < 4.78 is 33.0. The van der Waals surface area contributed by atoms with Gasteiger partial charge in [0.15, 0.2) is 0 Å². The van der Waals surface area contributed by atoms with Gasteiger partial charge in [-0.3, -0.25) is 9.35 Å². The Kier molecular flexibility index (Phi) is 5.59. The third kappa shape index (κ3) is 11.1. The van der Waals surface area contributed by atoms with Gasteiger partial charge in [0.2, 0.25) is 5.91 Å². The first-order valence-corrected chi connectivity index (χ1v) is 5.83. The number of nitrogens with one attached hydrogen (secondary N) is 1. The average Bonchev–Trinajstić information content (AvgIpc) is 1.98. The van der Waals surface area contributed by atoms with Gasteiger partial charge in [-0.25, -0.2) is 4.18 Å². The second-order valence-electron chi connectivity index (χ2n) is 4.11. The van der Waals surface area contributed by atoms with Crippen LogP contribution in [0.2, 0.25) is 0 Å². The average molecular weight is 253 g/mol. The van der Waals surface area contributed by atoms with Gasteiger partial charge in [-0.05, 0) is 6.08 Å². The van der Waals surface area contributed by atoms with Gasteiger partial charge >= 0.3 is 10.4 Å². The Labute approximate surface area is 95.2 Å². The molecule has 0 radical (unpaired) electrons. The molecule has 7 nitrogen and oxygen atoms in total. The number of carbonyl (C=O) groups is 1. The predicted molar refractivity (Wildman–Crippen MR) is 57.7 cm³/mol. The molecule has 0 heterocycles. The van der Waals surface area contributed by atoms with Crippen LogP contribution in [-0.4, -0.2) is 57.8 Å². The lowest BCUT2D eigenvalue weighted by Crippen LogP contribution is -2.34. The van der Waals surface area contributed by atoms with Crippen molar-refractivity contribution in [3.8, 4) is 0 Å². The van der Waals surface area contributed by atoms with Crippen LogP contribution in [-0.2, 0) is 19.4 Å². The molecule has 94 valence electrons. The molecule has 0 saturated heterocycles. The van der Waals surface area contributed by atoms with Crippen molar-refractivity contribution in [2.24, 2.45) is 0 Å². The molecular formula is C8H17N2O5S+. The second kappa shape index (κ2) is 5.94. The van der Waals surface area contributed by atoms with Gasteiger partial charge in [0.1, 0.15) is 6.73 Å². The number of likely N-dealkylation sites (N-methyl/N-ethyl adjacent to an activating group) is 1. The summed E-state index contributed by atoms with van der Waals surface area (Å²) in [7, 11) is 1.38. The lowest BCUT2D eigenvalue weighted by molar-refractivity contribution is -0.864. The van der Waals surface area contributed by atoms with E-state index >= 15 is 0 Å². The zero-order valence-corrected chi connectivity index (χ0v) is 10.3. The number of carbonyl (C=O) groups excluding carboxylic acids is 1. The minimum atomic E-state index is -4.51. The molecule has 16 heavy (non-hydrogen) atoms. The molecule has 0 spiro atoms. The Morgan fingerprint density at radius 3 is 2.44 bits per heavy atom. The first-order valence-electron chi connectivity index (χ1n) is 4.47. The van der Waals surface area contributed by atoms with Crippen LogP contribution < -0.4 is 5.32 Å². The molecule has 0 atom stereocenters. The molecule has 0 aliphatic carbocycles. The number of hydrogen-bond donors (Lipinski definition) is 2. The zero-order chi connectivity index (χ0) is 12.8. The summed E-state index contributed by atoms with van der Waals surface area (Å²) in [6, 6.07) is 0. The number of nitrogens with zero attached hydrogens (tertiary/aromatic N) is 1. The van der Waals surface area contributed by atoms with Crippen LogP contribution in [0.15, 0.2) is 12.2 Å². The molecule has 0 fully saturated rings. The van der Waals surface area contributed by atoms with E-state index in [1.165, 1.54) is 6.08 Å². The Hall–Kier alpha value is -0.960. The van der Waals surface area contributed by atoms with Crippen LogP contribution in [0.3, 0.4) is 0 Å². The monoisotopic (exact) mass is 253 g/mol. The Balaban J connectivity index is 3.84. The summed E-state index contributed by atoms with van der Waals surface area (Å²) in [6.07, 6.45) is 2.93. The smallest absolute Gasteiger partial charge is 0.328 e. The van der Waals surface area contributed by atoms with Crippen LogP contribution in [0.5, 0.6) is 0 Å². The maximum Gasteiger partial charge on any atom is 0.399 e. The number of quaternary nitrogens is 1. The molecule has 8 heteroatoms. The lowest BCUT2D eigenvalue weighted by Gasteiger charge is -2.21. The van der Waals surface area contributed by atoms with Gasteiger partial charge in [0, 0.05) is 6.08 Å². The third-order valence-electron chi connectivity index (χ3n) is 1.38. The first-order chi connectivity index (χ1) is 7.10. The predicted octanol–water partition coefficient (Wildman–Crippen LogP) is -0.858. The van der Waals surface area contributed by atoms with Crippen molar-refractivity contribution in [2.75, 3.05) is 34.4 Å². The van der Waals surface area contributed by atoms with E-state index in [1.54, 1.807) is 6.08 Å². The van der Waals surface area contributed by atoms with Crippen LogP contribution >= 0.6 is 0 Å². The van der Waals surface area contributed by atoms with Gasteiger partial charge in [-0.2, -0.15) is 8.42 Å². The van der Waals surface area contributed by atoms with Gasteiger partial charge in [-0.15, -0.1) is 0 Å². The standard InChI is InChI=1S/C8H16N2O5S/c1-10(2,3)6-4-5-8(11)9-7-15-16(12,13)14/h4-5H,6-7H2,1-3H3,(H-,9,11,12,13,14)/p+1. The fraction of sp³-hybridized carbons (Fsp3) is 0.625. The Morgan fingerprint density at radius 2 is 2.00 bits per heavy atom. The minimum absolute atomic E-state index is 0.489. The molecule has 2 N–H and O–H groups in total. The van der Waals surface area contributed by atoms with Crippen molar-refractivity contribution in [3.05, 3.63) is 12.2 Å². The van der Waals surface area contributed by atoms with Crippen molar-refractivity contribution in [3.63, 3.8) is 0 Å². The summed E-state index contributed by atoms with van der Waals surface area (Å²) in [5.41, 5.74) is 0. The molecule has 0 aromatic heterocycles. The molecule has 1 amide bonds. The Bertz CT molecular complexity index is 355. The minimum Gasteiger partial charge on any atom is -0.328 e. The van der Waals surface area contributed by atoms with E-state index in [2.05, 4.69) is 9.50 Å². The maximum absolute atomic E-state index is 11.1. The first kappa shape index (κ1) is 15.0. The molecule has 0 bridgehead atoms. The van der Waals surface area contributed by atoms with Gasteiger partial charge in [0.25, 0.3) is 0 Å². The summed E-state index contributed by atoms with van der Waals surface area (Å²) >= 11 is 0. The van der Waals surface area contributed by atoms with Crippen molar-refractivity contribution >= 4 is 16.3 Å². The van der Waals surface area contributed by atoms with Gasteiger partial charge in [-0.1, -0.05) is 0 Å². The molecule has 0 aromatic carbocycles. The fourth-order valence-corrected chi connectivity index (χ4v) is 0.918. The summed E-state index contributed by atoms with van der Waals surface area (Å²) in [5, 5.41) is 2.13. The van der Waals surface area contributed by atoms with E-state index in [1.807, 2.05) is 21.1 Å². The lowest BCUT2D eigenvalue weighted by atomic mass is 10.4. The van der Waals surface area contributed by atoms with E-state index < -0.39 is 23.0 Å². The number of amides is 1. The van der Waals surface area contributed by atoms with Crippen molar-refractivity contribution < 1.29 is 26.4 Å². The van der Waals surface area contributed by atoms with Crippen molar-refractivity contribution in [2.45, 2.75) is 0 Å². The summed E-state index contributed by atoms with van der Waals surface area (Å²) in [4.78, 5) is 11.1. The molecular weight excluding hydrogens is 236 g/mol. The molecule has 0 aromatic rings. The highest BCUT2D eigenvalue weighted by molar-refractivity contribution is 7.80. The molecule has 0 rings (SSSR count). The van der Waals surface area contributed by atoms with Crippen LogP contribution in [0.25, 0.3) is 0 Å². The Morgan fingerprint density at radius 1 is 1.44 bits per heavy atom. The van der Waals surface area contributed by atoms with Crippen molar-refractivity contribution in [1.82, 2.24) is 5.32 Å². The van der Waals surface area contributed by atoms with Crippen molar-refractivity contribution in [1.29, 1.82) is 0 Å². The van der Waals surface area contributed by atoms with Gasteiger partial charge in [0.05, 0.1) is 27.7 Å². The number of hydrogen-bond acceptors (Lipinski definition) is 4. The molecule has 0 saturated carbocycles. The highest BCUT2D eigenvalue weighted by Gasteiger charge is 2.05. The number of rotatable bonds is 6. The maximum atomic E-state index is 11.1. The summed E-state index contributed by atoms with van der Waals surface area (Å²) in [5.74, 6) is -0.489. The van der Waals surface area contributed by atoms with E-state index in [0.717, 1.165) is 0 Å². The molecule has 0 unspecified atom stereocenters. The highest BCUT2D eigenvalue weighted by Crippen LogP contribution is 1.89. The van der Waals surface area contributed by atoms with Crippen LogP contribution in [0, 0.1) is 0 Å². The van der Waals surface area contributed by atoms with Crippen LogP contribution in [0.4, 0.5) is 0 Å². The normalized spacial score (nSPS) is 13.0. The van der Waals surface area contributed by atoms with Crippen LogP contribution in [0.1, 0.15) is 0 Å². The van der Waals surface area contributed by atoms with E-state index in [9.17, 15) is 13.2 Å². The topological polar surface area (TPSA) is 92.7 Å². The van der Waals surface area contributed by atoms with E-state index in [-0.39, 0.29) is 0 Å². The zero-order valence-electron chi connectivity index (χ0n) is 9.50. The van der Waals surface area contributed by atoms with Gasteiger partial charge < -0.3 is 9.80 Å². The van der Waals surface area contributed by atoms with E-state index in [4.69, 9.17) is 4.55 Å². The summed E-state index contributed by atoms with van der Waals surface area (Å²) in [6.45, 7) is 0.0684. The SMILES string of the molecule is C[N+](C)(C)CC=CC(=O)NCOS(=O)(=O)O. The third-order valence-corrected chi connectivity index (χ3v) is 1.79. The second-order valence-corrected chi connectivity index (χ2v) is 5.20. The largest absolute Gasteiger partial charge is 0.399 e. The fourth-order valence-electron chi connectivity index (χ4n) is 0.710. The molecule has 0 aliphatic rings.